The molecule has 1 heterocycles. The summed E-state index contributed by atoms with van der Waals surface area (Å²) in [5, 5.41) is 4.00. The van der Waals surface area contributed by atoms with Crippen molar-refractivity contribution in [1.82, 2.24) is 10.1 Å². The summed E-state index contributed by atoms with van der Waals surface area (Å²) < 4.78 is 10.4. The van der Waals surface area contributed by atoms with Crippen molar-refractivity contribution < 1.29 is 14.1 Å². The molecular formula is C14H22N2O3. The number of nitrogens with zero attached hydrogens (tertiary/aromatic N) is 2. The molecule has 106 valence electrons. The van der Waals surface area contributed by atoms with Crippen LogP contribution in [-0.2, 0) is 9.53 Å². The topological polar surface area (TPSA) is 65.2 Å². The Labute approximate surface area is 113 Å². The Hall–Kier alpha value is -1.39. The third kappa shape index (κ3) is 3.33. The fourth-order valence-electron chi connectivity index (χ4n) is 2.48. The van der Waals surface area contributed by atoms with Crippen LogP contribution in [0.3, 0.4) is 0 Å². The maximum Gasteiger partial charge on any atom is 0.308 e. The van der Waals surface area contributed by atoms with Crippen molar-refractivity contribution >= 4 is 5.97 Å². The van der Waals surface area contributed by atoms with Gasteiger partial charge in [0.15, 0.2) is 5.82 Å². The highest BCUT2D eigenvalue weighted by Gasteiger charge is 2.30. The van der Waals surface area contributed by atoms with Crippen LogP contribution in [-0.4, -0.2) is 22.7 Å². The molecule has 0 N–H and O–H groups in total. The van der Waals surface area contributed by atoms with Crippen molar-refractivity contribution in [2.75, 3.05) is 6.61 Å². The molecule has 0 aromatic carbocycles. The number of hydrogen-bond acceptors (Lipinski definition) is 5. The van der Waals surface area contributed by atoms with Gasteiger partial charge in [-0.15, -0.1) is 0 Å². The van der Waals surface area contributed by atoms with Crippen molar-refractivity contribution in [1.29, 1.82) is 0 Å². The molecule has 5 heteroatoms. The highest BCUT2D eigenvalue weighted by atomic mass is 16.5. The number of hydrogen-bond donors (Lipinski definition) is 0. The molecule has 0 spiro atoms. The predicted molar refractivity (Wildman–Crippen MR) is 69.7 cm³/mol. The van der Waals surface area contributed by atoms with Crippen molar-refractivity contribution in [2.45, 2.75) is 58.3 Å². The summed E-state index contributed by atoms with van der Waals surface area (Å²) in [6.07, 6.45) is 3.54. The summed E-state index contributed by atoms with van der Waals surface area (Å²) in [5.41, 5.74) is 0. The van der Waals surface area contributed by atoms with Gasteiger partial charge in [0.1, 0.15) is 0 Å². The highest BCUT2D eigenvalue weighted by Crippen LogP contribution is 2.35. The second-order valence-corrected chi connectivity index (χ2v) is 5.45. The van der Waals surface area contributed by atoms with E-state index in [2.05, 4.69) is 10.1 Å². The molecule has 1 aliphatic rings. The van der Waals surface area contributed by atoms with E-state index in [-0.39, 0.29) is 17.8 Å². The molecule has 0 unspecified atom stereocenters. The van der Waals surface area contributed by atoms with E-state index in [0.717, 1.165) is 37.4 Å². The van der Waals surface area contributed by atoms with Gasteiger partial charge in [0.25, 0.3) is 0 Å². The summed E-state index contributed by atoms with van der Waals surface area (Å²) in [5.74, 6) is 2.06. The molecule has 1 aliphatic carbocycles. The molecule has 0 amide bonds. The third-order valence-corrected chi connectivity index (χ3v) is 3.67. The number of aromatic nitrogens is 2. The third-order valence-electron chi connectivity index (χ3n) is 3.67. The van der Waals surface area contributed by atoms with Gasteiger partial charge in [0.2, 0.25) is 5.89 Å². The second-order valence-electron chi connectivity index (χ2n) is 5.45. The van der Waals surface area contributed by atoms with Gasteiger partial charge in [0.05, 0.1) is 12.5 Å². The smallest absolute Gasteiger partial charge is 0.308 e. The lowest BCUT2D eigenvalue weighted by Gasteiger charge is -2.24. The van der Waals surface area contributed by atoms with Crippen LogP contribution in [0.15, 0.2) is 4.52 Å². The molecule has 19 heavy (non-hydrogen) atoms. The van der Waals surface area contributed by atoms with E-state index in [9.17, 15) is 4.79 Å². The van der Waals surface area contributed by atoms with E-state index in [0.29, 0.717) is 12.5 Å². The van der Waals surface area contributed by atoms with Gasteiger partial charge in [0, 0.05) is 11.8 Å². The maximum absolute atomic E-state index is 11.7. The van der Waals surface area contributed by atoms with Gasteiger partial charge in [-0.3, -0.25) is 4.79 Å². The Kier molecular flexibility index (Phi) is 4.56. The molecule has 0 radical (unpaired) electrons. The van der Waals surface area contributed by atoms with Crippen LogP contribution >= 0.6 is 0 Å². The van der Waals surface area contributed by atoms with Crippen molar-refractivity contribution in [3.8, 4) is 0 Å². The SMILES string of the molecule is CCOC(=O)C1CCC(c2nc(C(C)C)no2)CC1. The van der Waals surface area contributed by atoms with E-state index in [1.165, 1.54) is 0 Å². The minimum Gasteiger partial charge on any atom is -0.466 e. The minimum atomic E-state index is -0.0608. The minimum absolute atomic E-state index is 0.0451. The molecule has 2 rings (SSSR count). The zero-order valence-corrected chi connectivity index (χ0v) is 11.9. The average molecular weight is 266 g/mol. The van der Waals surface area contributed by atoms with Crippen LogP contribution in [0, 0.1) is 5.92 Å². The molecule has 1 aromatic rings. The maximum atomic E-state index is 11.7. The monoisotopic (exact) mass is 266 g/mol. The van der Waals surface area contributed by atoms with Crippen LogP contribution < -0.4 is 0 Å². The largest absolute Gasteiger partial charge is 0.466 e. The quantitative estimate of drug-likeness (QED) is 0.784. The molecule has 0 saturated heterocycles. The number of carbonyl (C=O) groups is 1. The first-order valence-corrected chi connectivity index (χ1v) is 7.12. The Morgan fingerprint density at radius 3 is 2.58 bits per heavy atom. The highest BCUT2D eigenvalue weighted by molar-refractivity contribution is 5.72. The molecule has 5 nitrogen and oxygen atoms in total. The number of ether oxygens (including phenoxy) is 1. The zero-order chi connectivity index (χ0) is 13.8. The molecule has 1 saturated carbocycles. The summed E-state index contributed by atoms with van der Waals surface area (Å²) in [7, 11) is 0. The lowest BCUT2D eigenvalue weighted by molar-refractivity contribution is -0.149. The summed E-state index contributed by atoms with van der Waals surface area (Å²) in [6.45, 7) is 6.40. The number of carbonyl (C=O) groups excluding carboxylic acids is 1. The van der Waals surface area contributed by atoms with Gasteiger partial charge in [-0.05, 0) is 32.6 Å². The van der Waals surface area contributed by atoms with E-state index in [4.69, 9.17) is 9.26 Å². The lowest BCUT2D eigenvalue weighted by atomic mass is 9.82. The first-order chi connectivity index (χ1) is 9.11. The number of rotatable bonds is 4. The van der Waals surface area contributed by atoms with Gasteiger partial charge >= 0.3 is 5.97 Å². The van der Waals surface area contributed by atoms with Gasteiger partial charge < -0.3 is 9.26 Å². The average Bonchev–Trinajstić information content (AvgIpc) is 2.89. The van der Waals surface area contributed by atoms with Gasteiger partial charge in [-0.2, -0.15) is 4.98 Å². The zero-order valence-electron chi connectivity index (χ0n) is 11.9. The van der Waals surface area contributed by atoms with Crippen molar-refractivity contribution in [2.24, 2.45) is 5.92 Å². The lowest BCUT2D eigenvalue weighted by Crippen LogP contribution is -2.23. The second kappa shape index (κ2) is 6.17. The van der Waals surface area contributed by atoms with E-state index >= 15 is 0 Å². The Morgan fingerprint density at radius 2 is 2.05 bits per heavy atom. The summed E-state index contributed by atoms with van der Waals surface area (Å²) in [4.78, 5) is 16.1. The molecule has 0 bridgehead atoms. The first kappa shape index (κ1) is 14.0. The Morgan fingerprint density at radius 1 is 1.37 bits per heavy atom. The van der Waals surface area contributed by atoms with E-state index in [1.807, 2.05) is 20.8 Å². The van der Waals surface area contributed by atoms with Crippen molar-refractivity contribution in [3.05, 3.63) is 11.7 Å². The predicted octanol–water partition coefficient (Wildman–Crippen LogP) is 3.03. The standard InChI is InChI=1S/C14H22N2O3/c1-4-18-14(17)11-7-5-10(6-8-11)13-15-12(9(2)3)16-19-13/h9-11H,4-8H2,1-3H3. The van der Waals surface area contributed by atoms with Crippen LogP contribution in [0.5, 0.6) is 0 Å². The Balaban J connectivity index is 1.90. The van der Waals surface area contributed by atoms with Crippen LogP contribution in [0.2, 0.25) is 0 Å². The fraction of sp³-hybridized carbons (Fsp3) is 0.786. The van der Waals surface area contributed by atoms with E-state index in [1.54, 1.807) is 0 Å². The summed E-state index contributed by atoms with van der Waals surface area (Å²) in [6, 6.07) is 0. The van der Waals surface area contributed by atoms with E-state index < -0.39 is 0 Å². The molecular weight excluding hydrogens is 244 g/mol. The normalized spacial score (nSPS) is 23.6. The molecule has 0 atom stereocenters. The van der Waals surface area contributed by atoms with Crippen LogP contribution in [0.4, 0.5) is 0 Å². The van der Waals surface area contributed by atoms with Crippen LogP contribution in [0.25, 0.3) is 0 Å². The van der Waals surface area contributed by atoms with Crippen LogP contribution in [0.1, 0.15) is 70.0 Å². The fourth-order valence-corrected chi connectivity index (χ4v) is 2.48. The number of esters is 1. The van der Waals surface area contributed by atoms with Gasteiger partial charge in [-0.1, -0.05) is 19.0 Å². The molecule has 1 fully saturated rings. The molecule has 1 aromatic heterocycles. The van der Waals surface area contributed by atoms with Gasteiger partial charge in [-0.25, -0.2) is 0 Å². The van der Waals surface area contributed by atoms with Crippen molar-refractivity contribution in [3.63, 3.8) is 0 Å². The molecule has 0 aliphatic heterocycles. The Bertz CT molecular complexity index is 420. The first-order valence-electron chi connectivity index (χ1n) is 7.12. The summed E-state index contributed by atoms with van der Waals surface area (Å²) >= 11 is 0.